The van der Waals surface area contributed by atoms with Crippen LogP contribution in [-0.2, 0) is 9.53 Å². The summed E-state index contributed by atoms with van der Waals surface area (Å²) >= 11 is 1.77. The highest BCUT2D eigenvalue weighted by Gasteiger charge is 2.37. The molecule has 4 aliphatic rings. The van der Waals surface area contributed by atoms with Gasteiger partial charge in [0.2, 0.25) is 12.1 Å². The van der Waals surface area contributed by atoms with Gasteiger partial charge >= 0.3 is 6.09 Å². The average Bonchev–Trinajstić information content (AvgIpc) is 3.89. The predicted octanol–water partition coefficient (Wildman–Crippen LogP) is 10.9. The Hall–Kier alpha value is -5.43. The van der Waals surface area contributed by atoms with E-state index in [4.69, 9.17) is 14.5 Å². The summed E-state index contributed by atoms with van der Waals surface area (Å²) in [5.41, 5.74) is 4.57. The van der Waals surface area contributed by atoms with Gasteiger partial charge in [0.25, 0.3) is 0 Å². The molecule has 4 aromatic heterocycles. The number of carbonyl (C=O) groups excluding carboxylic acids is 2. The number of ether oxygens (including phenoxy) is 2. The highest BCUT2D eigenvalue weighted by Crippen LogP contribution is 2.50. The third-order valence-corrected chi connectivity index (χ3v) is 13.3. The summed E-state index contributed by atoms with van der Waals surface area (Å²) in [4.78, 5) is 48.6. The fourth-order valence-electron chi connectivity index (χ4n) is 9.09. The summed E-state index contributed by atoms with van der Waals surface area (Å²) in [6.07, 6.45) is 9.07. The minimum Gasteiger partial charge on any atom is -0.464 e. The number of benzene rings is 2. The van der Waals surface area contributed by atoms with Crippen molar-refractivity contribution in [2.45, 2.75) is 109 Å². The summed E-state index contributed by atoms with van der Waals surface area (Å²) in [6, 6.07) is 15.8. The third-order valence-electron chi connectivity index (χ3n) is 12.0. The van der Waals surface area contributed by atoms with Gasteiger partial charge in [-0.2, -0.15) is 0 Å². The summed E-state index contributed by atoms with van der Waals surface area (Å²) in [5.74, 6) is 2.59. The number of amides is 2. The van der Waals surface area contributed by atoms with E-state index in [0.717, 1.165) is 70.8 Å². The Kier molecular flexibility index (Phi) is 9.22. The van der Waals surface area contributed by atoms with Crippen LogP contribution in [0.3, 0.4) is 0 Å². The standard InChI is InChI=1S/C46H50FN7O4S/c1-25(2)18-40(55)52-16-6-8-34(52)42-48-23-31(50-42)27-12-13-33-29(19-27)21-36-41-30(47)20-28(22-37(41)57-44(54(33)36)39-15-14-38(59-39)26-10-11-26)32-24-49-43(51-32)35-9-7-17-53(35)45(56)58-46(3,4)5/h12-15,19-26,34-35,44H,6-11,16-18H2,1-5H3,(H,48,50)(H,49,51). The Balaban J connectivity index is 0.996. The van der Waals surface area contributed by atoms with Crippen molar-refractivity contribution >= 4 is 34.2 Å². The van der Waals surface area contributed by atoms with Crippen LogP contribution in [0.1, 0.15) is 125 Å². The number of hydrogen-bond acceptors (Lipinski definition) is 7. The molecule has 2 saturated heterocycles. The molecular weight excluding hydrogens is 766 g/mol. The quantitative estimate of drug-likeness (QED) is 0.158. The first-order valence-corrected chi connectivity index (χ1v) is 21.8. The van der Waals surface area contributed by atoms with Crippen LogP contribution in [0.2, 0.25) is 0 Å². The fraction of sp³-hybridized carbons (Fsp3) is 0.435. The molecule has 0 spiro atoms. The zero-order valence-electron chi connectivity index (χ0n) is 34.2. The van der Waals surface area contributed by atoms with E-state index in [9.17, 15) is 9.59 Å². The second-order valence-corrected chi connectivity index (χ2v) is 19.2. The van der Waals surface area contributed by atoms with Crippen molar-refractivity contribution in [1.82, 2.24) is 34.3 Å². The summed E-state index contributed by atoms with van der Waals surface area (Å²) in [6.45, 7) is 11.1. The zero-order chi connectivity index (χ0) is 40.7. The summed E-state index contributed by atoms with van der Waals surface area (Å²) < 4.78 is 31.4. The van der Waals surface area contributed by atoms with Gasteiger partial charge in [-0.3, -0.25) is 14.3 Å². The van der Waals surface area contributed by atoms with Crippen molar-refractivity contribution in [3.05, 3.63) is 88.1 Å². The minimum atomic E-state index is -0.606. The van der Waals surface area contributed by atoms with Gasteiger partial charge in [0.15, 0.2) is 0 Å². The Labute approximate surface area is 346 Å². The predicted molar refractivity (Wildman–Crippen MR) is 226 cm³/mol. The van der Waals surface area contributed by atoms with E-state index >= 15 is 4.39 Å². The molecule has 3 fully saturated rings. The maximum Gasteiger partial charge on any atom is 0.410 e. The van der Waals surface area contributed by atoms with Gasteiger partial charge in [-0.25, -0.2) is 19.2 Å². The van der Waals surface area contributed by atoms with Crippen LogP contribution in [0.5, 0.6) is 5.75 Å². The van der Waals surface area contributed by atoms with Gasteiger partial charge in [-0.1, -0.05) is 19.9 Å². The lowest BCUT2D eigenvalue weighted by Gasteiger charge is -2.30. The van der Waals surface area contributed by atoms with Crippen molar-refractivity contribution in [3.63, 3.8) is 0 Å². The first-order chi connectivity index (χ1) is 28.4. The zero-order valence-corrected chi connectivity index (χ0v) is 35.0. The van der Waals surface area contributed by atoms with E-state index in [1.165, 1.54) is 23.8 Å². The number of likely N-dealkylation sites (tertiary alicyclic amines) is 2. The lowest BCUT2D eigenvalue weighted by Crippen LogP contribution is -2.36. The molecule has 10 rings (SSSR count). The topological polar surface area (TPSA) is 121 Å². The number of fused-ring (bicyclic) bond motifs is 5. The Morgan fingerprint density at radius 1 is 0.881 bits per heavy atom. The van der Waals surface area contributed by atoms with E-state index in [1.807, 2.05) is 37.9 Å². The monoisotopic (exact) mass is 815 g/mol. The molecule has 3 unspecified atom stereocenters. The SMILES string of the molecule is CC(C)CC(=O)N1CCCC1c1ncc(-c2ccc3c(c2)cc2n3C(c3ccc(C4CC4)s3)Oc3cc(-c4cnc(C5CCCN5C(=O)OC(C)(C)C)[nH]4)cc(F)c3-2)[nH]1. The Morgan fingerprint density at radius 3 is 2.25 bits per heavy atom. The molecule has 7 heterocycles. The Morgan fingerprint density at radius 2 is 1.56 bits per heavy atom. The number of nitrogens with zero attached hydrogens (tertiary/aromatic N) is 5. The normalized spacial score (nSPS) is 20.4. The molecule has 11 nitrogen and oxygen atoms in total. The number of thiophene rings is 1. The van der Waals surface area contributed by atoms with E-state index in [1.54, 1.807) is 22.4 Å². The Bertz CT molecular complexity index is 2590. The van der Waals surface area contributed by atoms with Gasteiger partial charge in [0.1, 0.15) is 28.8 Å². The number of carbonyl (C=O) groups is 2. The molecule has 3 atom stereocenters. The lowest BCUT2D eigenvalue weighted by atomic mass is 10.0. The van der Waals surface area contributed by atoms with Crippen LogP contribution in [0.15, 0.2) is 60.9 Å². The summed E-state index contributed by atoms with van der Waals surface area (Å²) in [5, 5.41) is 0.955. The molecule has 1 aliphatic carbocycles. The molecule has 59 heavy (non-hydrogen) atoms. The molecule has 6 aromatic rings. The molecule has 2 N–H and O–H groups in total. The number of halogens is 1. The number of H-pyrrole nitrogens is 2. The van der Waals surface area contributed by atoms with E-state index in [0.29, 0.717) is 53.2 Å². The van der Waals surface area contributed by atoms with Crippen molar-refractivity contribution in [2.75, 3.05) is 13.1 Å². The van der Waals surface area contributed by atoms with Gasteiger partial charge in [0.05, 0.1) is 57.5 Å². The van der Waals surface area contributed by atoms with Crippen LogP contribution in [0.4, 0.5) is 9.18 Å². The number of nitrogens with one attached hydrogen (secondary N) is 2. The van der Waals surface area contributed by atoms with Crippen molar-refractivity contribution in [1.29, 1.82) is 0 Å². The van der Waals surface area contributed by atoms with Gasteiger partial charge in [-0.15, -0.1) is 11.3 Å². The summed E-state index contributed by atoms with van der Waals surface area (Å²) in [7, 11) is 0. The number of aromatic amines is 2. The number of hydrogen-bond donors (Lipinski definition) is 2. The number of rotatable bonds is 8. The second kappa shape index (κ2) is 14.4. The maximum absolute atomic E-state index is 16.7. The van der Waals surface area contributed by atoms with Crippen molar-refractivity contribution in [2.24, 2.45) is 5.92 Å². The molecule has 1 saturated carbocycles. The molecular formula is C46H50FN7O4S. The maximum atomic E-state index is 16.7. The fourth-order valence-corrected chi connectivity index (χ4v) is 10.3. The highest BCUT2D eigenvalue weighted by molar-refractivity contribution is 7.12. The lowest BCUT2D eigenvalue weighted by molar-refractivity contribution is -0.133. The number of imidazole rings is 2. The third kappa shape index (κ3) is 7.00. The van der Waals surface area contributed by atoms with Crippen LogP contribution < -0.4 is 4.74 Å². The first-order valence-electron chi connectivity index (χ1n) is 21.0. The molecule has 2 aromatic carbocycles. The van der Waals surface area contributed by atoms with Gasteiger partial charge in [-0.05, 0) is 114 Å². The van der Waals surface area contributed by atoms with Crippen molar-refractivity contribution < 1.29 is 23.5 Å². The average molecular weight is 816 g/mol. The first kappa shape index (κ1) is 37.8. The second-order valence-electron chi connectivity index (χ2n) is 18.0. The van der Waals surface area contributed by atoms with Crippen molar-refractivity contribution in [3.8, 4) is 39.5 Å². The van der Waals surface area contributed by atoms with Crippen LogP contribution in [0.25, 0.3) is 44.7 Å². The molecule has 306 valence electrons. The van der Waals surface area contributed by atoms with E-state index < -0.39 is 17.6 Å². The minimum absolute atomic E-state index is 0.0582. The van der Waals surface area contributed by atoms with Crippen LogP contribution in [-0.4, -0.2) is 65.0 Å². The van der Waals surface area contributed by atoms with Crippen LogP contribution in [0, 0.1) is 11.7 Å². The van der Waals surface area contributed by atoms with Gasteiger partial charge in [0, 0.05) is 40.9 Å². The largest absolute Gasteiger partial charge is 0.464 e. The molecule has 0 radical (unpaired) electrons. The molecule has 0 bridgehead atoms. The highest BCUT2D eigenvalue weighted by atomic mass is 32.1. The smallest absolute Gasteiger partial charge is 0.410 e. The number of aromatic nitrogens is 5. The van der Waals surface area contributed by atoms with E-state index in [-0.39, 0.29) is 24.1 Å². The molecule has 13 heteroatoms. The molecule has 3 aliphatic heterocycles. The van der Waals surface area contributed by atoms with Crippen LogP contribution >= 0.6 is 11.3 Å². The van der Waals surface area contributed by atoms with Gasteiger partial charge < -0.3 is 24.3 Å². The van der Waals surface area contributed by atoms with E-state index in [2.05, 4.69) is 69.8 Å². The molecule has 2 amide bonds.